The molecule has 0 saturated heterocycles. The highest BCUT2D eigenvalue weighted by Gasteiger charge is 1.94. The van der Waals surface area contributed by atoms with Gasteiger partial charge in [0.05, 0.1) is 77.5 Å². The number of nitrogens with zero attached hydrogens (tertiary/aromatic N) is 13. The Morgan fingerprint density at radius 2 is 1.15 bits per heavy atom. The number of rotatable bonds is 0. The number of dihydropyridines is 1. The van der Waals surface area contributed by atoms with Crippen molar-refractivity contribution in [1.29, 1.82) is 0 Å². The predicted octanol–water partition coefficient (Wildman–Crippen LogP) is 5.11. The van der Waals surface area contributed by atoms with E-state index in [2.05, 4.69) is 111 Å². The number of hydrogen-bond acceptors (Lipinski definition) is 16. The molecule has 1 amide bonds. The SMILES string of the molecule is O=C1CC=CC=N1.O=c1ccnc[nH]1.O=c1cnc2ccccc2[nH]1.O=c1cncc[nH]1.c1c[nH]cn1.c1ccc2[nH]cnc2c1.c1ccc2[nH]ncc2c1.c1ccc2n[nH]nc2c1.c1cn[nH]n1.c1nc[nH]n1. The highest BCUT2D eigenvalue weighted by Crippen LogP contribution is 2.08. The lowest BCUT2D eigenvalue weighted by Crippen LogP contribution is -2.04. The molecule has 372 valence electrons. The Morgan fingerprint density at radius 3 is 1.62 bits per heavy atom. The Kier molecular flexibility index (Phi) is 24.1. The number of nitrogens with one attached hydrogen (secondary N) is 9. The monoisotopic (exact) mass is 994 g/mol. The van der Waals surface area contributed by atoms with E-state index in [1.54, 1.807) is 49.6 Å². The third-order valence-electron chi connectivity index (χ3n) is 8.36. The fraction of sp³-hybridized carbons (Fsp3) is 0.0208. The molecule has 9 aromatic heterocycles. The van der Waals surface area contributed by atoms with Gasteiger partial charge in [-0.2, -0.15) is 41.0 Å². The van der Waals surface area contributed by atoms with Gasteiger partial charge in [-0.25, -0.2) is 29.9 Å². The summed E-state index contributed by atoms with van der Waals surface area (Å²) in [6, 6.07) is 32.4. The second-order valence-corrected chi connectivity index (χ2v) is 13.5. The van der Waals surface area contributed by atoms with E-state index < -0.39 is 0 Å². The van der Waals surface area contributed by atoms with Gasteiger partial charge in [-0.15, -0.1) is 0 Å². The molecule has 26 nitrogen and oxygen atoms in total. The number of aromatic amines is 9. The number of H-pyrrole nitrogens is 9. The maximum absolute atomic E-state index is 10.8. The zero-order valence-electron chi connectivity index (χ0n) is 38.9. The van der Waals surface area contributed by atoms with Crippen LogP contribution in [0.4, 0.5) is 0 Å². The largest absolute Gasteiger partial charge is 0.351 e. The summed E-state index contributed by atoms with van der Waals surface area (Å²) in [7, 11) is 0. The van der Waals surface area contributed by atoms with E-state index in [1.807, 2.05) is 103 Å². The minimum absolute atomic E-state index is 0.0532. The summed E-state index contributed by atoms with van der Waals surface area (Å²) in [5, 5.41) is 33.5. The molecule has 0 fully saturated rings. The van der Waals surface area contributed by atoms with Crippen LogP contribution in [0.2, 0.25) is 0 Å². The summed E-state index contributed by atoms with van der Waals surface area (Å²) in [5.41, 5.74) is 6.19. The summed E-state index contributed by atoms with van der Waals surface area (Å²) in [4.78, 5) is 80.3. The third kappa shape index (κ3) is 22.2. The average molecular weight is 995 g/mol. The topological polar surface area (TPSA) is 377 Å². The summed E-state index contributed by atoms with van der Waals surface area (Å²) in [6.07, 6.45) is 28.5. The molecule has 14 rings (SSSR count). The standard InChI is InChI=1S/C8H6N2O.2C7H6N2.C6H5N3.C5H5NO.2C4H4N2O.C3H4N2.2C2H3N3/c11-8-5-9-6-3-1-2-4-7(6)10-8;1-2-4-7-6(3-1)8-5-9-7;1-2-4-7-6(3-1)5-8-9-7;1-2-4-6-5(3-1)7-9-8-6;7-5-3-1-2-4-6-5;7-4-3-5-1-2-6-4;7-4-1-2-5-3-6-4;1-2-5-3-4-1;1-3-2-5-4-1;1-2-4-5-3-1/h1-5H,(H,10,11);2*1-5H,(H,8,9);1-4H,(H,7,8,9);1-2,4H,3H2;1-3H,(H,6,7);1-3H,(H,5,6,7);1-3H,(H,4,5);2*1-2H,(H,3,4,5). The first kappa shape index (κ1) is 53.6. The van der Waals surface area contributed by atoms with Crippen molar-refractivity contribution >= 4 is 56.1 Å². The maximum Gasteiger partial charge on any atom is 0.266 e. The first-order valence-electron chi connectivity index (χ1n) is 21.6. The van der Waals surface area contributed by atoms with Gasteiger partial charge >= 0.3 is 0 Å². The van der Waals surface area contributed by atoms with Crippen LogP contribution < -0.4 is 16.7 Å². The molecule has 74 heavy (non-hydrogen) atoms. The number of benzene rings is 4. The van der Waals surface area contributed by atoms with Crippen LogP contribution in [0.3, 0.4) is 0 Å². The summed E-state index contributed by atoms with van der Waals surface area (Å²) < 4.78 is 0. The lowest BCUT2D eigenvalue weighted by Gasteiger charge is -1.92. The van der Waals surface area contributed by atoms with Crippen molar-refractivity contribution in [2.45, 2.75) is 6.42 Å². The van der Waals surface area contributed by atoms with Crippen LogP contribution in [0.1, 0.15) is 6.42 Å². The molecule has 4 aromatic carbocycles. The molecule has 10 heterocycles. The highest BCUT2D eigenvalue weighted by molar-refractivity contribution is 5.92. The van der Waals surface area contributed by atoms with Crippen LogP contribution in [0.15, 0.2) is 228 Å². The Hall–Kier alpha value is -11.3. The van der Waals surface area contributed by atoms with Crippen molar-refractivity contribution in [3.63, 3.8) is 0 Å². The quantitative estimate of drug-likeness (QED) is 0.0953. The Labute approximate surface area is 417 Å². The minimum atomic E-state index is -0.164. The van der Waals surface area contributed by atoms with Gasteiger partial charge in [0.1, 0.15) is 23.7 Å². The van der Waals surface area contributed by atoms with Crippen molar-refractivity contribution in [2.75, 3.05) is 0 Å². The molecule has 0 aliphatic carbocycles. The van der Waals surface area contributed by atoms with Crippen molar-refractivity contribution in [3.8, 4) is 0 Å². The normalized spacial score (nSPS) is 10.2. The van der Waals surface area contributed by atoms with Crippen LogP contribution in [-0.2, 0) is 4.79 Å². The molecule has 1 aliphatic rings. The second kappa shape index (κ2) is 33.2. The fourth-order valence-electron chi connectivity index (χ4n) is 5.10. The summed E-state index contributed by atoms with van der Waals surface area (Å²) in [5.74, 6) is -0.0532. The van der Waals surface area contributed by atoms with E-state index in [9.17, 15) is 19.2 Å². The maximum atomic E-state index is 10.8. The number of aliphatic imine (C=N–C) groups is 1. The van der Waals surface area contributed by atoms with Gasteiger partial charge in [-0.05, 0) is 48.5 Å². The molecular weight excluding hydrogens is 949 g/mol. The lowest BCUT2D eigenvalue weighted by atomic mass is 10.3. The van der Waals surface area contributed by atoms with Crippen molar-refractivity contribution in [1.82, 2.24) is 106 Å². The highest BCUT2D eigenvalue weighted by atomic mass is 16.1. The second-order valence-electron chi connectivity index (χ2n) is 13.5. The zero-order valence-corrected chi connectivity index (χ0v) is 38.9. The van der Waals surface area contributed by atoms with E-state index in [1.165, 1.54) is 62.2 Å². The fourth-order valence-corrected chi connectivity index (χ4v) is 5.10. The number of carbonyl (C=O) groups is 1. The van der Waals surface area contributed by atoms with Gasteiger partial charge in [0, 0.05) is 55.1 Å². The van der Waals surface area contributed by atoms with E-state index in [0.717, 1.165) is 44.0 Å². The van der Waals surface area contributed by atoms with Crippen LogP contribution >= 0.6 is 0 Å². The van der Waals surface area contributed by atoms with E-state index in [-0.39, 0.29) is 22.6 Å². The van der Waals surface area contributed by atoms with Gasteiger partial charge in [-0.3, -0.25) is 34.4 Å². The number of imidazole rings is 2. The van der Waals surface area contributed by atoms with Crippen LogP contribution in [0.5, 0.6) is 0 Å². The number of carbonyl (C=O) groups excluding carboxylic acids is 1. The number of aromatic nitrogens is 21. The molecule has 26 heteroatoms. The number of amides is 1. The molecule has 0 bridgehead atoms. The first-order chi connectivity index (χ1) is 36.4. The van der Waals surface area contributed by atoms with Gasteiger partial charge in [-0.1, -0.05) is 60.7 Å². The first-order valence-corrected chi connectivity index (χ1v) is 21.6. The van der Waals surface area contributed by atoms with E-state index in [4.69, 9.17) is 0 Å². The van der Waals surface area contributed by atoms with Gasteiger partial charge in [0.15, 0.2) is 0 Å². The molecule has 1 aliphatic heterocycles. The van der Waals surface area contributed by atoms with Gasteiger partial charge in [0.2, 0.25) is 5.91 Å². The number of allylic oxidation sites excluding steroid dienone is 1. The van der Waals surface area contributed by atoms with Crippen molar-refractivity contribution < 1.29 is 4.79 Å². The smallest absolute Gasteiger partial charge is 0.266 e. The van der Waals surface area contributed by atoms with Crippen LogP contribution in [0.25, 0.3) is 44.0 Å². The number of fused-ring (bicyclic) bond motifs is 4. The Balaban J connectivity index is 0.000000154. The Bertz CT molecular complexity index is 3250. The summed E-state index contributed by atoms with van der Waals surface area (Å²) in [6.45, 7) is 0. The molecule has 9 N–H and O–H groups in total. The molecule has 0 saturated carbocycles. The van der Waals surface area contributed by atoms with Gasteiger partial charge < -0.3 is 24.9 Å². The van der Waals surface area contributed by atoms with Crippen molar-refractivity contribution in [3.05, 3.63) is 240 Å². The molecule has 13 aromatic rings. The third-order valence-corrected chi connectivity index (χ3v) is 8.36. The van der Waals surface area contributed by atoms with E-state index >= 15 is 0 Å². The molecular formula is C48H46N22O4. The van der Waals surface area contributed by atoms with Crippen LogP contribution in [-0.4, -0.2) is 118 Å². The predicted molar refractivity (Wildman–Crippen MR) is 277 cm³/mol. The van der Waals surface area contributed by atoms with E-state index in [0.29, 0.717) is 6.42 Å². The molecule has 0 radical (unpaired) electrons. The minimum Gasteiger partial charge on any atom is -0.351 e. The van der Waals surface area contributed by atoms with Crippen LogP contribution in [0, 0.1) is 0 Å². The molecule has 0 unspecified atom stereocenters. The summed E-state index contributed by atoms with van der Waals surface area (Å²) >= 11 is 0. The Morgan fingerprint density at radius 1 is 0.459 bits per heavy atom. The lowest BCUT2D eigenvalue weighted by molar-refractivity contribution is -0.117. The molecule has 0 spiro atoms. The van der Waals surface area contributed by atoms with Crippen molar-refractivity contribution in [2.24, 2.45) is 4.99 Å². The average Bonchev–Trinajstić information content (AvgIpc) is 4.30. The van der Waals surface area contributed by atoms with Gasteiger partial charge in [0.25, 0.3) is 16.7 Å². The molecule has 0 atom stereocenters. The number of para-hydroxylation sites is 7. The number of hydrogen-bond donors (Lipinski definition) is 9. The zero-order chi connectivity index (χ0) is 51.9.